The molecule has 0 bridgehead atoms. The largest absolute Gasteiger partial charge is 0.355 e. The molecule has 1 amide bonds. The van der Waals surface area contributed by atoms with Crippen LogP contribution in [-0.2, 0) is 23.1 Å². The Kier molecular flexibility index (Phi) is 5.53. The molecule has 0 aliphatic rings. The van der Waals surface area contributed by atoms with Crippen molar-refractivity contribution in [3.8, 4) is 0 Å². The minimum Gasteiger partial charge on any atom is -0.355 e. The van der Waals surface area contributed by atoms with E-state index in [0.29, 0.717) is 24.7 Å². The van der Waals surface area contributed by atoms with Gasteiger partial charge in [-0.3, -0.25) is 4.79 Å². The van der Waals surface area contributed by atoms with Gasteiger partial charge in [-0.05, 0) is 12.0 Å². The summed E-state index contributed by atoms with van der Waals surface area (Å²) in [5.41, 5.74) is 1.02. The van der Waals surface area contributed by atoms with Gasteiger partial charge in [0.2, 0.25) is 11.8 Å². The Morgan fingerprint density at radius 1 is 1.26 bits per heavy atom. The molecule has 2 aromatic rings. The summed E-state index contributed by atoms with van der Waals surface area (Å²) in [7, 11) is 0. The maximum atomic E-state index is 12.1. The molecule has 5 nitrogen and oxygen atoms in total. The molecule has 0 saturated heterocycles. The van der Waals surface area contributed by atoms with E-state index in [1.54, 1.807) is 0 Å². The average Bonchev–Trinajstić information content (AvgIpc) is 2.97. The molecule has 0 saturated carbocycles. The Morgan fingerprint density at radius 3 is 2.57 bits per heavy atom. The smallest absolute Gasteiger partial charge is 0.232 e. The lowest BCUT2D eigenvalue weighted by Gasteiger charge is -2.11. The van der Waals surface area contributed by atoms with E-state index >= 15 is 0 Å². The highest BCUT2D eigenvalue weighted by Gasteiger charge is 2.21. The number of carbonyl (C=O) groups is 1. The maximum Gasteiger partial charge on any atom is 0.232 e. The summed E-state index contributed by atoms with van der Waals surface area (Å²) in [4.78, 5) is 16.5. The van der Waals surface area contributed by atoms with Crippen molar-refractivity contribution in [1.82, 2.24) is 15.5 Å². The summed E-state index contributed by atoms with van der Waals surface area (Å²) >= 11 is 0. The molecule has 1 atom stereocenters. The highest BCUT2D eigenvalue weighted by Crippen LogP contribution is 2.19. The van der Waals surface area contributed by atoms with Crippen molar-refractivity contribution in [2.75, 3.05) is 6.54 Å². The predicted molar refractivity (Wildman–Crippen MR) is 89.0 cm³/mol. The molecule has 1 aromatic carbocycles. The number of benzene rings is 1. The van der Waals surface area contributed by atoms with E-state index in [-0.39, 0.29) is 17.2 Å². The Morgan fingerprint density at radius 2 is 1.96 bits per heavy atom. The zero-order chi connectivity index (χ0) is 16.9. The molecule has 0 aliphatic carbocycles. The lowest BCUT2D eigenvalue weighted by Crippen LogP contribution is -2.32. The summed E-state index contributed by atoms with van der Waals surface area (Å²) < 4.78 is 5.24. The van der Waals surface area contributed by atoms with Crippen LogP contribution in [0.1, 0.15) is 45.0 Å². The first-order valence-electron chi connectivity index (χ1n) is 8.01. The molecular formula is C18H25N3O2. The van der Waals surface area contributed by atoms with Gasteiger partial charge in [0, 0.05) is 24.3 Å². The molecule has 23 heavy (non-hydrogen) atoms. The first-order valence-corrected chi connectivity index (χ1v) is 8.01. The van der Waals surface area contributed by atoms with Crippen LogP contribution in [0.25, 0.3) is 0 Å². The molecule has 124 valence electrons. The highest BCUT2D eigenvalue weighted by molar-refractivity contribution is 5.78. The molecule has 2 rings (SSSR count). The topological polar surface area (TPSA) is 68.0 Å². The Hall–Kier alpha value is -2.17. The molecule has 1 aromatic heterocycles. The van der Waals surface area contributed by atoms with E-state index in [9.17, 15) is 4.79 Å². The van der Waals surface area contributed by atoms with Crippen LogP contribution in [0.3, 0.4) is 0 Å². The summed E-state index contributed by atoms with van der Waals surface area (Å²) in [5, 5.41) is 6.89. The van der Waals surface area contributed by atoms with Crippen LogP contribution in [0.15, 0.2) is 34.9 Å². The molecule has 1 unspecified atom stereocenters. The van der Waals surface area contributed by atoms with E-state index in [4.69, 9.17) is 4.52 Å². The van der Waals surface area contributed by atoms with Gasteiger partial charge in [-0.1, -0.05) is 63.2 Å². The monoisotopic (exact) mass is 315 g/mol. The van der Waals surface area contributed by atoms with Crippen molar-refractivity contribution in [2.45, 2.75) is 46.0 Å². The normalized spacial score (nSPS) is 12.9. The number of hydrogen-bond acceptors (Lipinski definition) is 4. The third-order valence-electron chi connectivity index (χ3n) is 3.59. The number of nitrogens with zero attached hydrogens (tertiary/aromatic N) is 2. The van der Waals surface area contributed by atoms with Gasteiger partial charge in [0.15, 0.2) is 5.82 Å². The minimum absolute atomic E-state index is 0.0494. The van der Waals surface area contributed by atoms with Gasteiger partial charge in [-0.25, -0.2) is 0 Å². The van der Waals surface area contributed by atoms with E-state index in [2.05, 4.69) is 15.5 Å². The summed E-state index contributed by atoms with van der Waals surface area (Å²) in [6, 6.07) is 10.0. The fourth-order valence-electron chi connectivity index (χ4n) is 2.19. The van der Waals surface area contributed by atoms with Crippen molar-refractivity contribution in [3.05, 3.63) is 47.6 Å². The molecule has 5 heteroatoms. The number of rotatable bonds is 6. The van der Waals surface area contributed by atoms with Gasteiger partial charge >= 0.3 is 0 Å². The van der Waals surface area contributed by atoms with Gasteiger partial charge in [0.25, 0.3) is 0 Å². The third-order valence-corrected chi connectivity index (χ3v) is 3.59. The zero-order valence-corrected chi connectivity index (χ0v) is 14.3. The Bertz CT molecular complexity index is 629. The average molecular weight is 315 g/mol. The number of aromatic nitrogens is 2. The molecule has 0 aliphatic heterocycles. The predicted octanol–water partition coefficient (Wildman–Crippen LogP) is 2.90. The van der Waals surface area contributed by atoms with Crippen molar-refractivity contribution >= 4 is 5.91 Å². The standard InChI is InChI=1S/C18H25N3O2/c1-13(12-14-8-6-5-7-9-14)16(22)19-11-10-15-20-17(23-21-15)18(2,3)4/h5-9,13H,10-12H2,1-4H3,(H,19,22). The van der Waals surface area contributed by atoms with Crippen molar-refractivity contribution < 1.29 is 9.32 Å². The van der Waals surface area contributed by atoms with Crippen LogP contribution in [0, 0.1) is 5.92 Å². The lowest BCUT2D eigenvalue weighted by molar-refractivity contribution is -0.124. The fraction of sp³-hybridized carbons (Fsp3) is 0.500. The lowest BCUT2D eigenvalue weighted by atomic mass is 9.97. The number of hydrogen-bond donors (Lipinski definition) is 1. The van der Waals surface area contributed by atoms with Gasteiger partial charge in [-0.2, -0.15) is 4.98 Å². The van der Waals surface area contributed by atoms with Crippen LogP contribution in [0.4, 0.5) is 0 Å². The highest BCUT2D eigenvalue weighted by atomic mass is 16.5. The Balaban J connectivity index is 1.77. The van der Waals surface area contributed by atoms with Gasteiger partial charge in [-0.15, -0.1) is 0 Å². The SMILES string of the molecule is CC(Cc1ccccc1)C(=O)NCCc1noc(C(C)(C)C)n1. The molecule has 0 radical (unpaired) electrons. The second-order valence-corrected chi connectivity index (χ2v) is 6.90. The molecule has 1 N–H and O–H groups in total. The molecule has 1 heterocycles. The van der Waals surface area contributed by atoms with Crippen LogP contribution >= 0.6 is 0 Å². The van der Waals surface area contributed by atoms with Crippen molar-refractivity contribution in [2.24, 2.45) is 5.92 Å². The summed E-state index contributed by atoms with van der Waals surface area (Å²) in [6.07, 6.45) is 1.31. The van der Waals surface area contributed by atoms with E-state index < -0.39 is 0 Å². The second-order valence-electron chi connectivity index (χ2n) is 6.90. The maximum absolute atomic E-state index is 12.1. The van der Waals surface area contributed by atoms with Crippen LogP contribution in [0.5, 0.6) is 0 Å². The van der Waals surface area contributed by atoms with Crippen LogP contribution in [-0.4, -0.2) is 22.6 Å². The second kappa shape index (κ2) is 7.40. The van der Waals surface area contributed by atoms with Crippen molar-refractivity contribution in [3.63, 3.8) is 0 Å². The first-order chi connectivity index (χ1) is 10.9. The summed E-state index contributed by atoms with van der Waals surface area (Å²) in [5.74, 6) is 1.24. The fourth-order valence-corrected chi connectivity index (χ4v) is 2.19. The number of carbonyl (C=O) groups excluding carboxylic acids is 1. The van der Waals surface area contributed by atoms with E-state index in [0.717, 1.165) is 6.42 Å². The molecule has 0 spiro atoms. The minimum atomic E-state index is -0.154. The van der Waals surface area contributed by atoms with Gasteiger partial charge in [0.1, 0.15) is 0 Å². The van der Waals surface area contributed by atoms with Gasteiger partial charge < -0.3 is 9.84 Å². The number of amides is 1. The molecular weight excluding hydrogens is 290 g/mol. The third kappa shape index (κ3) is 5.20. The summed E-state index contributed by atoms with van der Waals surface area (Å²) in [6.45, 7) is 8.53. The van der Waals surface area contributed by atoms with Crippen LogP contribution in [0.2, 0.25) is 0 Å². The van der Waals surface area contributed by atoms with Crippen molar-refractivity contribution in [1.29, 1.82) is 0 Å². The van der Waals surface area contributed by atoms with E-state index in [1.807, 2.05) is 58.0 Å². The van der Waals surface area contributed by atoms with Gasteiger partial charge in [0.05, 0.1) is 0 Å². The molecule has 0 fully saturated rings. The zero-order valence-electron chi connectivity index (χ0n) is 14.3. The number of nitrogens with one attached hydrogen (secondary N) is 1. The Labute approximate surface area is 137 Å². The van der Waals surface area contributed by atoms with E-state index in [1.165, 1.54) is 5.56 Å². The quantitative estimate of drug-likeness (QED) is 0.890. The first kappa shape index (κ1) is 17.2. The van der Waals surface area contributed by atoms with Crippen LogP contribution < -0.4 is 5.32 Å².